The molecule has 1 amide bonds. The van der Waals surface area contributed by atoms with Gasteiger partial charge in [-0.3, -0.25) is 4.79 Å². The zero-order chi connectivity index (χ0) is 19.7. The zero-order valence-corrected chi connectivity index (χ0v) is 16.8. The van der Waals surface area contributed by atoms with Crippen LogP contribution in [0.1, 0.15) is 23.2 Å². The van der Waals surface area contributed by atoms with Crippen LogP contribution in [0.5, 0.6) is 0 Å². The van der Waals surface area contributed by atoms with Gasteiger partial charge in [0.15, 0.2) is 0 Å². The average Bonchev–Trinajstić information content (AvgIpc) is 2.67. The van der Waals surface area contributed by atoms with E-state index in [1.807, 2.05) is 0 Å². The first-order chi connectivity index (χ1) is 12.9. The molecule has 0 spiro atoms. The lowest BCUT2D eigenvalue weighted by atomic mass is 10.2. The average molecular weight is 395 g/mol. The molecule has 0 unspecified atom stereocenters. The molecule has 0 atom stereocenters. The van der Waals surface area contributed by atoms with Crippen LogP contribution in [0.4, 0.5) is 0 Å². The van der Waals surface area contributed by atoms with Gasteiger partial charge in [0, 0.05) is 44.8 Å². The number of unbranched alkanes of at least 4 members (excludes halogenated alkanes) is 1. The first-order valence-corrected chi connectivity index (χ1v) is 10.8. The smallest absolute Gasteiger partial charge is 0.251 e. The SMILES string of the molecule is C=CCNC(=O)c1cccc(S(=O)(=O)NCCCCN2CCN(C)CC2)c1. The molecule has 8 heteroatoms. The lowest BCUT2D eigenvalue weighted by Crippen LogP contribution is -2.44. The highest BCUT2D eigenvalue weighted by Crippen LogP contribution is 2.12. The van der Waals surface area contributed by atoms with Gasteiger partial charge in [-0.15, -0.1) is 6.58 Å². The van der Waals surface area contributed by atoms with Crippen molar-refractivity contribution in [3.8, 4) is 0 Å². The van der Waals surface area contributed by atoms with Crippen molar-refractivity contribution in [2.75, 3.05) is 52.9 Å². The van der Waals surface area contributed by atoms with E-state index in [2.05, 4.69) is 33.5 Å². The number of nitrogens with zero attached hydrogens (tertiary/aromatic N) is 2. The third-order valence-corrected chi connectivity index (χ3v) is 6.06. The molecule has 150 valence electrons. The van der Waals surface area contributed by atoms with Crippen LogP contribution in [-0.2, 0) is 10.0 Å². The molecular weight excluding hydrogens is 364 g/mol. The lowest BCUT2D eigenvalue weighted by molar-refractivity contribution is 0.0958. The van der Waals surface area contributed by atoms with E-state index in [9.17, 15) is 13.2 Å². The Kier molecular flexibility index (Phi) is 8.43. The normalized spacial score (nSPS) is 16.2. The van der Waals surface area contributed by atoms with Gasteiger partial charge in [0.05, 0.1) is 4.90 Å². The predicted octanol–water partition coefficient (Wildman–Crippen LogP) is 0.908. The summed E-state index contributed by atoms with van der Waals surface area (Å²) in [5.74, 6) is -0.320. The summed E-state index contributed by atoms with van der Waals surface area (Å²) in [4.78, 5) is 16.8. The number of carbonyl (C=O) groups is 1. The van der Waals surface area contributed by atoms with Gasteiger partial charge >= 0.3 is 0 Å². The summed E-state index contributed by atoms with van der Waals surface area (Å²) in [6, 6.07) is 6.06. The number of nitrogens with one attached hydrogen (secondary N) is 2. The minimum Gasteiger partial charge on any atom is -0.349 e. The first-order valence-electron chi connectivity index (χ1n) is 9.32. The second kappa shape index (κ2) is 10.6. The Balaban J connectivity index is 1.78. The van der Waals surface area contributed by atoms with E-state index < -0.39 is 10.0 Å². The molecular formula is C19H30N4O3S. The Bertz CT molecular complexity index is 728. The number of sulfonamides is 1. The lowest BCUT2D eigenvalue weighted by Gasteiger charge is -2.32. The number of carbonyl (C=O) groups excluding carboxylic acids is 1. The molecule has 1 saturated heterocycles. The van der Waals surface area contributed by atoms with Crippen molar-refractivity contribution >= 4 is 15.9 Å². The number of hydrogen-bond acceptors (Lipinski definition) is 5. The minimum atomic E-state index is -3.62. The van der Waals surface area contributed by atoms with E-state index in [0.717, 1.165) is 45.6 Å². The van der Waals surface area contributed by atoms with Gasteiger partial charge in [-0.2, -0.15) is 0 Å². The summed E-state index contributed by atoms with van der Waals surface area (Å²) < 4.78 is 27.5. The summed E-state index contributed by atoms with van der Waals surface area (Å²) in [6.45, 7) is 9.58. The maximum Gasteiger partial charge on any atom is 0.251 e. The van der Waals surface area contributed by atoms with E-state index in [-0.39, 0.29) is 10.8 Å². The number of piperazine rings is 1. The van der Waals surface area contributed by atoms with Gasteiger partial charge in [-0.1, -0.05) is 12.1 Å². The van der Waals surface area contributed by atoms with E-state index in [1.165, 1.54) is 12.1 Å². The molecule has 0 radical (unpaired) electrons. The van der Waals surface area contributed by atoms with E-state index in [1.54, 1.807) is 18.2 Å². The molecule has 2 rings (SSSR count). The highest BCUT2D eigenvalue weighted by Gasteiger charge is 2.16. The van der Waals surface area contributed by atoms with Crippen LogP contribution in [0.2, 0.25) is 0 Å². The predicted molar refractivity (Wildman–Crippen MR) is 107 cm³/mol. The van der Waals surface area contributed by atoms with Crippen LogP contribution in [0.25, 0.3) is 0 Å². The Morgan fingerprint density at radius 1 is 1.22 bits per heavy atom. The third kappa shape index (κ3) is 7.06. The highest BCUT2D eigenvalue weighted by atomic mass is 32.2. The van der Waals surface area contributed by atoms with Crippen molar-refractivity contribution in [3.63, 3.8) is 0 Å². The van der Waals surface area contributed by atoms with Gasteiger partial charge in [0.1, 0.15) is 0 Å². The monoisotopic (exact) mass is 394 g/mol. The van der Waals surface area contributed by atoms with Crippen LogP contribution >= 0.6 is 0 Å². The van der Waals surface area contributed by atoms with Gasteiger partial charge in [0.2, 0.25) is 10.0 Å². The Labute approximate surface area is 162 Å². The van der Waals surface area contributed by atoms with Gasteiger partial charge in [-0.25, -0.2) is 13.1 Å². The topological polar surface area (TPSA) is 81.7 Å². The molecule has 1 aliphatic rings. The summed E-state index contributed by atoms with van der Waals surface area (Å²) in [5.41, 5.74) is 0.315. The summed E-state index contributed by atoms with van der Waals surface area (Å²) in [6.07, 6.45) is 3.31. The van der Waals surface area contributed by atoms with Crippen molar-refractivity contribution in [3.05, 3.63) is 42.5 Å². The Morgan fingerprint density at radius 2 is 1.96 bits per heavy atom. The molecule has 0 bridgehead atoms. The Hall–Kier alpha value is -1.74. The van der Waals surface area contributed by atoms with Crippen LogP contribution < -0.4 is 10.0 Å². The molecule has 1 heterocycles. The summed E-state index contributed by atoms with van der Waals surface area (Å²) in [7, 11) is -1.49. The van der Waals surface area contributed by atoms with Gasteiger partial charge < -0.3 is 15.1 Å². The maximum absolute atomic E-state index is 12.4. The maximum atomic E-state index is 12.4. The third-order valence-electron chi connectivity index (χ3n) is 4.60. The molecule has 1 aromatic carbocycles. The van der Waals surface area contributed by atoms with Gasteiger partial charge in [0.25, 0.3) is 5.91 Å². The largest absolute Gasteiger partial charge is 0.349 e. The molecule has 0 saturated carbocycles. The molecule has 1 aromatic rings. The molecule has 0 aliphatic carbocycles. The van der Waals surface area contributed by atoms with Crippen LogP contribution in [-0.4, -0.2) is 77.0 Å². The van der Waals surface area contributed by atoms with Crippen molar-refractivity contribution in [1.29, 1.82) is 0 Å². The number of rotatable bonds is 10. The molecule has 7 nitrogen and oxygen atoms in total. The first kappa shape index (κ1) is 21.6. The molecule has 1 fully saturated rings. The van der Waals surface area contributed by atoms with Crippen LogP contribution in [0.3, 0.4) is 0 Å². The number of likely N-dealkylation sites (N-methyl/N-ethyl adjacent to an activating group) is 1. The van der Waals surface area contributed by atoms with E-state index in [4.69, 9.17) is 0 Å². The minimum absolute atomic E-state index is 0.104. The standard InChI is InChI=1S/C19H30N4O3S/c1-3-9-20-19(24)17-7-6-8-18(16-17)27(25,26)21-10-4-5-11-23-14-12-22(2)13-15-23/h3,6-8,16,21H,1,4-5,9-15H2,2H3,(H,20,24). The van der Waals surface area contributed by atoms with Crippen LogP contribution in [0.15, 0.2) is 41.8 Å². The van der Waals surface area contributed by atoms with Crippen molar-refractivity contribution in [2.24, 2.45) is 0 Å². The Morgan fingerprint density at radius 3 is 2.67 bits per heavy atom. The fraction of sp³-hybridized carbons (Fsp3) is 0.526. The van der Waals surface area contributed by atoms with E-state index >= 15 is 0 Å². The molecule has 1 aliphatic heterocycles. The number of benzene rings is 1. The number of amides is 1. The summed E-state index contributed by atoms with van der Waals surface area (Å²) >= 11 is 0. The summed E-state index contributed by atoms with van der Waals surface area (Å²) in [5, 5.41) is 2.64. The van der Waals surface area contributed by atoms with E-state index in [0.29, 0.717) is 18.7 Å². The molecule has 0 aromatic heterocycles. The fourth-order valence-electron chi connectivity index (χ4n) is 2.89. The second-order valence-electron chi connectivity index (χ2n) is 6.78. The second-order valence-corrected chi connectivity index (χ2v) is 8.54. The molecule has 2 N–H and O–H groups in total. The number of hydrogen-bond donors (Lipinski definition) is 2. The van der Waals surface area contributed by atoms with Crippen molar-refractivity contribution < 1.29 is 13.2 Å². The van der Waals surface area contributed by atoms with Crippen LogP contribution in [0, 0.1) is 0 Å². The van der Waals surface area contributed by atoms with Crippen molar-refractivity contribution in [2.45, 2.75) is 17.7 Å². The quantitative estimate of drug-likeness (QED) is 0.455. The van der Waals surface area contributed by atoms with Crippen molar-refractivity contribution in [1.82, 2.24) is 19.8 Å². The fourth-order valence-corrected chi connectivity index (χ4v) is 4.01. The molecule has 27 heavy (non-hydrogen) atoms. The van der Waals surface area contributed by atoms with Gasteiger partial charge in [-0.05, 0) is 44.6 Å². The highest BCUT2D eigenvalue weighted by molar-refractivity contribution is 7.89. The zero-order valence-electron chi connectivity index (χ0n) is 16.0.